The standard InChI is InChI=1S/C20H24N2O4S/c1-15-7-5-8-16(13-15)9-6-12-21-20(23)19-14-22(27(2,24)25)17-10-3-4-11-18(17)26-19/h3-5,7-8,10-11,13,19H,6,9,12,14H2,1-2H3,(H,21,23)/t19-/m1/s1. The summed E-state index contributed by atoms with van der Waals surface area (Å²) in [6, 6.07) is 15.1. The molecule has 0 unspecified atom stereocenters. The van der Waals surface area contributed by atoms with Crippen LogP contribution >= 0.6 is 0 Å². The fraction of sp³-hybridized carbons (Fsp3) is 0.350. The van der Waals surface area contributed by atoms with Crippen LogP contribution in [0.5, 0.6) is 5.75 Å². The van der Waals surface area contributed by atoms with Crippen LogP contribution in [0.25, 0.3) is 0 Å². The van der Waals surface area contributed by atoms with Gasteiger partial charge in [-0.3, -0.25) is 9.10 Å². The Balaban J connectivity index is 1.59. The average Bonchev–Trinajstić information content (AvgIpc) is 2.63. The lowest BCUT2D eigenvalue weighted by molar-refractivity contribution is -0.127. The second-order valence-electron chi connectivity index (χ2n) is 6.75. The molecule has 0 saturated heterocycles. The van der Waals surface area contributed by atoms with E-state index in [0.29, 0.717) is 18.0 Å². The number of ether oxygens (including phenoxy) is 1. The number of fused-ring (bicyclic) bond motifs is 1. The molecule has 3 rings (SSSR count). The van der Waals surface area contributed by atoms with E-state index in [-0.39, 0.29) is 12.5 Å². The molecule has 7 heteroatoms. The summed E-state index contributed by atoms with van der Waals surface area (Å²) < 4.78 is 31.2. The first-order valence-corrected chi connectivity index (χ1v) is 10.8. The average molecular weight is 388 g/mol. The van der Waals surface area contributed by atoms with Gasteiger partial charge in [0.25, 0.3) is 5.91 Å². The predicted octanol–water partition coefficient (Wildman–Crippen LogP) is 2.27. The van der Waals surface area contributed by atoms with Gasteiger partial charge >= 0.3 is 0 Å². The molecule has 1 atom stereocenters. The zero-order valence-corrected chi connectivity index (χ0v) is 16.3. The lowest BCUT2D eigenvalue weighted by Gasteiger charge is -2.33. The number of para-hydroxylation sites is 2. The van der Waals surface area contributed by atoms with E-state index in [9.17, 15) is 13.2 Å². The van der Waals surface area contributed by atoms with Crippen molar-refractivity contribution >= 4 is 21.6 Å². The number of amides is 1. The maximum Gasteiger partial charge on any atom is 0.263 e. The summed E-state index contributed by atoms with van der Waals surface area (Å²) in [5.41, 5.74) is 2.91. The van der Waals surface area contributed by atoms with Crippen LogP contribution in [0.4, 0.5) is 5.69 Å². The Hall–Kier alpha value is -2.54. The molecule has 0 spiro atoms. The summed E-state index contributed by atoms with van der Waals surface area (Å²) in [5.74, 6) is 0.0940. The van der Waals surface area contributed by atoms with Gasteiger partial charge < -0.3 is 10.1 Å². The van der Waals surface area contributed by atoms with Crippen molar-refractivity contribution in [2.24, 2.45) is 0 Å². The zero-order chi connectivity index (χ0) is 19.4. The highest BCUT2D eigenvalue weighted by molar-refractivity contribution is 7.92. The highest BCUT2D eigenvalue weighted by Gasteiger charge is 2.34. The Kier molecular flexibility index (Phi) is 5.70. The summed E-state index contributed by atoms with van der Waals surface area (Å²) in [4.78, 5) is 12.5. The van der Waals surface area contributed by atoms with Gasteiger partial charge in [0.1, 0.15) is 5.75 Å². The Labute approximate surface area is 160 Å². The van der Waals surface area contributed by atoms with Crippen LogP contribution in [-0.2, 0) is 21.2 Å². The van der Waals surface area contributed by atoms with Crippen molar-refractivity contribution in [2.45, 2.75) is 25.9 Å². The van der Waals surface area contributed by atoms with Crippen LogP contribution in [-0.4, -0.2) is 39.8 Å². The molecule has 2 aromatic rings. The van der Waals surface area contributed by atoms with Crippen molar-refractivity contribution in [2.75, 3.05) is 23.7 Å². The van der Waals surface area contributed by atoms with Gasteiger partial charge in [-0.25, -0.2) is 8.42 Å². The van der Waals surface area contributed by atoms with E-state index in [0.717, 1.165) is 19.1 Å². The van der Waals surface area contributed by atoms with Crippen LogP contribution in [0.2, 0.25) is 0 Å². The number of nitrogens with zero attached hydrogens (tertiary/aromatic N) is 1. The molecule has 1 amide bonds. The molecule has 2 aromatic carbocycles. The summed E-state index contributed by atoms with van der Waals surface area (Å²) in [5, 5.41) is 2.85. The van der Waals surface area contributed by atoms with E-state index in [2.05, 4.69) is 30.4 Å². The van der Waals surface area contributed by atoms with Gasteiger partial charge in [-0.05, 0) is 37.5 Å². The van der Waals surface area contributed by atoms with Crippen molar-refractivity contribution in [1.82, 2.24) is 5.32 Å². The van der Waals surface area contributed by atoms with Gasteiger partial charge in [0, 0.05) is 6.54 Å². The molecule has 0 saturated carbocycles. The number of rotatable bonds is 6. The third kappa shape index (κ3) is 4.80. The predicted molar refractivity (Wildman–Crippen MR) is 106 cm³/mol. The first kappa shape index (κ1) is 19.2. The molecule has 27 heavy (non-hydrogen) atoms. The largest absolute Gasteiger partial charge is 0.476 e. The molecule has 1 heterocycles. The van der Waals surface area contributed by atoms with Gasteiger partial charge in [-0.2, -0.15) is 0 Å². The Bertz CT molecular complexity index is 927. The quantitative estimate of drug-likeness (QED) is 0.771. The number of carbonyl (C=O) groups excluding carboxylic acids is 1. The van der Waals surface area contributed by atoms with E-state index >= 15 is 0 Å². The maximum atomic E-state index is 12.5. The first-order valence-electron chi connectivity index (χ1n) is 8.91. The van der Waals surface area contributed by atoms with E-state index in [1.54, 1.807) is 24.3 Å². The third-order valence-corrected chi connectivity index (χ3v) is 5.60. The number of hydrogen-bond acceptors (Lipinski definition) is 4. The van der Waals surface area contributed by atoms with Crippen LogP contribution in [0.15, 0.2) is 48.5 Å². The molecule has 1 aliphatic heterocycles. The summed E-state index contributed by atoms with van der Waals surface area (Å²) in [6.07, 6.45) is 1.93. The number of benzene rings is 2. The van der Waals surface area contributed by atoms with Crippen LogP contribution in [0.1, 0.15) is 17.5 Å². The molecular weight excluding hydrogens is 364 g/mol. The number of nitrogens with one attached hydrogen (secondary N) is 1. The normalized spacial score (nSPS) is 16.4. The molecule has 0 fully saturated rings. The third-order valence-electron chi connectivity index (χ3n) is 4.45. The molecule has 0 bridgehead atoms. The fourth-order valence-corrected chi connectivity index (χ4v) is 4.05. The number of aryl methyl sites for hydroxylation is 2. The van der Waals surface area contributed by atoms with Gasteiger partial charge in [0.15, 0.2) is 6.10 Å². The summed E-state index contributed by atoms with van der Waals surface area (Å²) in [7, 11) is -3.50. The summed E-state index contributed by atoms with van der Waals surface area (Å²) >= 11 is 0. The Morgan fingerprint density at radius 3 is 2.74 bits per heavy atom. The van der Waals surface area contributed by atoms with Gasteiger partial charge in [-0.15, -0.1) is 0 Å². The van der Waals surface area contributed by atoms with Crippen molar-refractivity contribution in [3.63, 3.8) is 0 Å². The van der Waals surface area contributed by atoms with Crippen molar-refractivity contribution in [3.05, 3.63) is 59.7 Å². The van der Waals surface area contributed by atoms with Crippen LogP contribution in [0, 0.1) is 6.92 Å². The van der Waals surface area contributed by atoms with Crippen molar-refractivity contribution in [3.8, 4) is 5.75 Å². The topological polar surface area (TPSA) is 75.7 Å². The van der Waals surface area contributed by atoms with E-state index in [4.69, 9.17) is 4.74 Å². The Morgan fingerprint density at radius 1 is 1.22 bits per heavy atom. The SMILES string of the molecule is Cc1cccc(CCCNC(=O)[C@H]2CN(S(C)(=O)=O)c3ccccc3O2)c1. The van der Waals surface area contributed by atoms with E-state index in [1.807, 2.05) is 6.07 Å². The zero-order valence-electron chi connectivity index (χ0n) is 15.5. The van der Waals surface area contributed by atoms with Gasteiger partial charge in [0.05, 0.1) is 18.5 Å². The van der Waals surface area contributed by atoms with E-state index < -0.39 is 16.1 Å². The number of hydrogen-bond donors (Lipinski definition) is 1. The lowest BCUT2D eigenvalue weighted by Crippen LogP contribution is -2.50. The maximum absolute atomic E-state index is 12.5. The smallest absolute Gasteiger partial charge is 0.263 e. The molecule has 144 valence electrons. The highest BCUT2D eigenvalue weighted by atomic mass is 32.2. The Morgan fingerprint density at radius 2 is 2.00 bits per heavy atom. The van der Waals surface area contributed by atoms with Gasteiger partial charge in [0.2, 0.25) is 10.0 Å². The number of carbonyl (C=O) groups is 1. The second kappa shape index (κ2) is 8.00. The first-order chi connectivity index (χ1) is 12.8. The van der Waals surface area contributed by atoms with Crippen LogP contribution in [0.3, 0.4) is 0 Å². The molecule has 1 N–H and O–H groups in total. The minimum Gasteiger partial charge on any atom is -0.476 e. The molecule has 6 nitrogen and oxygen atoms in total. The second-order valence-corrected chi connectivity index (χ2v) is 8.66. The minimum atomic E-state index is -3.50. The van der Waals surface area contributed by atoms with Crippen LogP contribution < -0.4 is 14.4 Å². The monoisotopic (exact) mass is 388 g/mol. The highest BCUT2D eigenvalue weighted by Crippen LogP contribution is 2.34. The molecule has 0 aromatic heterocycles. The van der Waals surface area contributed by atoms with Crippen molar-refractivity contribution < 1.29 is 17.9 Å². The van der Waals surface area contributed by atoms with Gasteiger partial charge in [-0.1, -0.05) is 42.0 Å². The van der Waals surface area contributed by atoms with E-state index in [1.165, 1.54) is 15.4 Å². The fourth-order valence-electron chi connectivity index (χ4n) is 3.14. The molecule has 0 aliphatic carbocycles. The molecular formula is C20H24N2O4S. The minimum absolute atomic E-state index is 0.0282. The number of sulfonamides is 1. The lowest BCUT2D eigenvalue weighted by atomic mass is 10.1. The summed E-state index contributed by atoms with van der Waals surface area (Å²) in [6.45, 7) is 2.53. The molecule has 0 radical (unpaired) electrons. The van der Waals surface area contributed by atoms with Crippen molar-refractivity contribution in [1.29, 1.82) is 0 Å². The molecule has 1 aliphatic rings. The number of anilines is 1.